The molecule has 1 aromatic rings. The highest BCUT2D eigenvalue weighted by atomic mass is 19.4. The molecule has 1 fully saturated rings. The van der Waals surface area contributed by atoms with E-state index in [4.69, 9.17) is 9.84 Å². The first-order chi connectivity index (χ1) is 9.84. The molecule has 0 aromatic heterocycles. The number of carboxylic acids is 1. The number of ether oxygens (including phenoxy) is 1. The van der Waals surface area contributed by atoms with E-state index in [0.717, 1.165) is 18.6 Å². The summed E-state index contributed by atoms with van der Waals surface area (Å²) in [5.74, 6) is -1.58. The van der Waals surface area contributed by atoms with Crippen molar-refractivity contribution in [3.8, 4) is 0 Å². The second-order valence-electron chi connectivity index (χ2n) is 4.86. The first kappa shape index (κ1) is 15.6. The first-order valence-electron chi connectivity index (χ1n) is 6.63. The van der Waals surface area contributed by atoms with Gasteiger partial charge in [0, 0.05) is 12.2 Å². The summed E-state index contributed by atoms with van der Waals surface area (Å²) in [7, 11) is 0. The molecule has 21 heavy (non-hydrogen) atoms. The van der Waals surface area contributed by atoms with Crippen molar-refractivity contribution in [2.24, 2.45) is 0 Å². The van der Waals surface area contributed by atoms with E-state index in [-0.39, 0.29) is 6.04 Å². The SMILES string of the molecule is CCC1COCCN1c1ccc(C(=O)O)c(C(F)(F)F)c1. The van der Waals surface area contributed by atoms with Crippen LogP contribution in [0.25, 0.3) is 0 Å². The van der Waals surface area contributed by atoms with E-state index >= 15 is 0 Å². The zero-order valence-corrected chi connectivity index (χ0v) is 11.5. The van der Waals surface area contributed by atoms with Crippen molar-refractivity contribution in [3.05, 3.63) is 29.3 Å². The lowest BCUT2D eigenvalue weighted by molar-refractivity contribution is -0.138. The Bertz CT molecular complexity index is 531. The number of hydrogen-bond donors (Lipinski definition) is 1. The summed E-state index contributed by atoms with van der Waals surface area (Å²) in [6, 6.07) is 3.35. The van der Waals surface area contributed by atoms with Gasteiger partial charge < -0.3 is 14.7 Å². The lowest BCUT2D eigenvalue weighted by atomic mass is 10.0. The molecule has 0 radical (unpaired) electrons. The van der Waals surface area contributed by atoms with Gasteiger partial charge in [-0.25, -0.2) is 4.79 Å². The minimum Gasteiger partial charge on any atom is -0.478 e. The van der Waals surface area contributed by atoms with Gasteiger partial charge in [-0.3, -0.25) is 0 Å². The number of aromatic carboxylic acids is 1. The molecule has 1 aromatic carbocycles. The molecule has 1 saturated heterocycles. The number of nitrogens with zero attached hydrogens (tertiary/aromatic N) is 1. The Morgan fingerprint density at radius 1 is 1.48 bits per heavy atom. The monoisotopic (exact) mass is 303 g/mol. The zero-order valence-electron chi connectivity index (χ0n) is 11.5. The van der Waals surface area contributed by atoms with E-state index in [0.29, 0.717) is 25.4 Å². The molecule has 1 N–H and O–H groups in total. The van der Waals surface area contributed by atoms with E-state index in [2.05, 4.69) is 0 Å². The van der Waals surface area contributed by atoms with Gasteiger partial charge >= 0.3 is 12.1 Å². The minimum absolute atomic E-state index is 0.00416. The maximum atomic E-state index is 13.0. The molecule has 1 aliphatic heterocycles. The van der Waals surface area contributed by atoms with E-state index < -0.39 is 23.3 Å². The highest BCUT2D eigenvalue weighted by Gasteiger charge is 2.36. The molecule has 7 heteroatoms. The Labute approximate surface area is 120 Å². The molecule has 0 saturated carbocycles. The third kappa shape index (κ3) is 3.29. The van der Waals surface area contributed by atoms with Crippen molar-refractivity contribution in [3.63, 3.8) is 0 Å². The number of rotatable bonds is 3. The number of anilines is 1. The van der Waals surface area contributed by atoms with Crippen LogP contribution in [0.5, 0.6) is 0 Å². The molecule has 1 heterocycles. The number of carboxylic acid groups (broad SMARTS) is 1. The van der Waals surface area contributed by atoms with Gasteiger partial charge in [0.2, 0.25) is 0 Å². The smallest absolute Gasteiger partial charge is 0.417 e. The van der Waals surface area contributed by atoms with Crippen molar-refractivity contribution in [1.82, 2.24) is 0 Å². The summed E-state index contributed by atoms with van der Waals surface area (Å²) in [4.78, 5) is 12.8. The Balaban J connectivity index is 2.44. The molecule has 0 spiro atoms. The fourth-order valence-corrected chi connectivity index (χ4v) is 2.46. The molecule has 1 unspecified atom stereocenters. The summed E-state index contributed by atoms with van der Waals surface area (Å²) in [5, 5.41) is 8.89. The van der Waals surface area contributed by atoms with E-state index in [1.165, 1.54) is 6.07 Å². The Morgan fingerprint density at radius 3 is 2.76 bits per heavy atom. The molecular weight excluding hydrogens is 287 g/mol. The summed E-state index contributed by atoms with van der Waals surface area (Å²) in [6.07, 6.45) is -3.96. The molecule has 0 amide bonds. The maximum Gasteiger partial charge on any atom is 0.417 e. The van der Waals surface area contributed by atoms with Gasteiger partial charge in [0.05, 0.1) is 30.4 Å². The van der Waals surface area contributed by atoms with Crippen LogP contribution >= 0.6 is 0 Å². The molecule has 1 atom stereocenters. The predicted molar refractivity (Wildman–Crippen MR) is 70.6 cm³/mol. The average molecular weight is 303 g/mol. The van der Waals surface area contributed by atoms with Gasteiger partial charge in [-0.2, -0.15) is 13.2 Å². The Kier molecular flexibility index (Phi) is 4.41. The fourth-order valence-electron chi connectivity index (χ4n) is 2.46. The zero-order chi connectivity index (χ0) is 15.6. The van der Waals surface area contributed by atoms with Crippen molar-refractivity contribution < 1.29 is 27.8 Å². The molecule has 1 aliphatic rings. The molecule has 0 bridgehead atoms. The van der Waals surface area contributed by atoms with Crippen LogP contribution in [-0.4, -0.2) is 36.9 Å². The van der Waals surface area contributed by atoms with E-state index in [1.54, 1.807) is 0 Å². The second-order valence-corrected chi connectivity index (χ2v) is 4.86. The minimum atomic E-state index is -4.70. The number of alkyl halides is 3. The third-order valence-electron chi connectivity index (χ3n) is 3.57. The number of carbonyl (C=O) groups is 1. The van der Waals surface area contributed by atoms with Crippen LogP contribution in [0, 0.1) is 0 Å². The van der Waals surface area contributed by atoms with Crippen molar-refractivity contribution in [2.45, 2.75) is 25.6 Å². The molecular formula is C14H16F3NO3. The third-order valence-corrected chi connectivity index (χ3v) is 3.57. The van der Waals surface area contributed by atoms with Crippen LogP contribution in [0.1, 0.15) is 29.3 Å². The summed E-state index contributed by atoms with van der Waals surface area (Å²) in [5.41, 5.74) is -1.47. The van der Waals surface area contributed by atoms with Crippen LogP contribution in [0.2, 0.25) is 0 Å². The Morgan fingerprint density at radius 2 is 2.19 bits per heavy atom. The van der Waals surface area contributed by atoms with Gasteiger partial charge in [-0.15, -0.1) is 0 Å². The number of hydrogen-bond acceptors (Lipinski definition) is 3. The topological polar surface area (TPSA) is 49.8 Å². The molecule has 4 nitrogen and oxygen atoms in total. The highest BCUT2D eigenvalue weighted by molar-refractivity contribution is 5.90. The quantitative estimate of drug-likeness (QED) is 0.932. The lowest BCUT2D eigenvalue weighted by Gasteiger charge is -2.37. The largest absolute Gasteiger partial charge is 0.478 e. The molecule has 0 aliphatic carbocycles. The fraction of sp³-hybridized carbons (Fsp3) is 0.500. The summed E-state index contributed by atoms with van der Waals surface area (Å²) >= 11 is 0. The van der Waals surface area contributed by atoms with E-state index in [1.807, 2.05) is 11.8 Å². The summed E-state index contributed by atoms with van der Waals surface area (Å²) in [6.45, 7) is 3.32. The van der Waals surface area contributed by atoms with Crippen LogP contribution in [0.3, 0.4) is 0 Å². The van der Waals surface area contributed by atoms with Crippen LogP contribution in [0.15, 0.2) is 18.2 Å². The first-order valence-corrected chi connectivity index (χ1v) is 6.63. The maximum absolute atomic E-state index is 13.0. The van der Waals surface area contributed by atoms with Gasteiger partial charge in [0.1, 0.15) is 0 Å². The standard InChI is InChI=1S/C14H16F3NO3/c1-2-9-8-21-6-5-18(9)10-3-4-11(13(19)20)12(7-10)14(15,16)17/h3-4,7,9H,2,5-6,8H2,1H3,(H,19,20). The van der Waals surface area contributed by atoms with E-state index in [9.17, 15) is 18.0 Å². The average Bonchev–Trinajstić information content (AvgIpc) is 2.45. The van der Waals surface area contributed by atoms with Crippen LogP contribution in [-0.2, 0) is 10.9 Å². The van der Waals surface area contributed by atoms with Crippen molar-refractivity contribution in [2.75, 3.05) is 24.7 Å². The predicted octanol–water partition coefficient (Wildman–Crippen LogP) is 3.02. The Hall–Kier alpha value is -1.76. The molecule has 116 valence electrons. The number of halogens is 3. The molecule has 2 rings (SSSR count). The van der Waals surface area contributed by atoms with Crippen LogP contribution in [0.4, 0.5) is 18.9 Å². The second kappa shape index (κ2) is 5.93. The normalized spacial score (nSPS) is 19.6. The lowest BCUT2D eigenvalue weighted by Crippen LogP contribution is -2.45. The van der Waals surface area contributed by atoms with Crippen molar-refractivity contribution in [1.29, 1.82) is 0 Å². The van der Waals surface area contributed by atoms with Gasteiger partial charge in [0.15, 0.2) is 0 Å². The summed E-state index contributed by atoms with van der Waals surface area (Å²) < 4.78 is 44.4. The highest BCUT2D eigenvalue weighted by Crippen LogP contribution is 2.35. The van der Waals surface area contributed by atoms with Crippen molar-refractivity contribution >= 4 is 11.7 Å². The number of morpholine rings is 1. The van der Waals surface area contributed by atoms with Gasteiger partial charge in [0.25, 0.3) is 0 Å². The number of benzene rings is 1. The van der Waals surface area contributed by atoms with Gasteiger partial charge in [-0.05, 0) is 24.6 Å². The van der Waals surface area contributed by atoms with Gasteiger partial charge in [-0.1, -0.05) is 6.92 Å². The van der Waals surface area contributed by atoms with Crippen LogP contribution < -0.4 is 4.90 Å².